The van der Waals surface area contributed by atoms with Crippen molar-refractivity contribution in [3.63, 3.8) is 0 Å². The predicted molar refractivity (Wildman–Crippen MR) is 109 cm³/mol. The molecular formula is C22H21N5O3. The highest BCUT2D eigenvalue weighted by molar-refractivity contribution is 5.93. The first-order valence-electron chi connectivity index (χ1n) is 10.2. The van der Waals surface area contributed by atoms with Crippen LogP contribution < -0.4 is 0 Å². The molecule has 8 nitrogen and oxygen atoms in total. The quantitative estimate of drug-likeness (QED) is 0.492. The van der Waals surface area contributed by atoms with Crippen molar-refractivity contribution >= 4 is 16.7 Å². The van der Waals surface area contributed by atoms with Crippen LogP contribution in [-0.2, 0) is 6.42 Å². The van der Waals surface area contributed by atoms with E-state index >= 15 is 0 Å². The van der Waals surface area contributed by atoms with E-state index in [0.29, 0.717) is 29.7 Å². The Morgan fingerprint density at radius 2 is 2.13 bits per heavy atom. The SMILES string of the molecule is CCCc1cc(C(=O)N2CCC[C@H]2c2nnc(-c3nccc4ccccc34)o2)no1. The van der Waals surface area contributed by atoms with Crippen molar-refractivity contribution in [3.05, 3.63) is 59.9 Å². The summed E-state index contributed by atoms with van der Waals surface area (Å²) in [4.78, 5) is 19.2. The van der Waals surface area contributed by atoms with Gasteiger partial charge in [0.05, 0.1) is 0 Å². The molecule has 0 N–H and O–H groups in total. The average Bonchev–Trinajstić information content (AvgIpc) is 3.53. The Labute approximate surface area is 172 Å². The van der Waals surface area contributed by atoms with Crippen LogP contribution in [0.15, 0.2) is 51.5 Å². The second-order valence-electron chi connectivity index (χ2n) is 7.41. The molecule has 1 amide bonds. The summed E-state index contributed by atoms with van der Waals surface area (Å²) in [5, 5.41) is 14.4. The highest BCUT2D eigenvalue weighted by Gasteiger charge is 2.35. The molecule has 1 fully saturated rings. The van der Waals surface area contributed by atoms with Gasteiger partial charge in [0, 0.05) is 30.6 Å². The first-order valence-corrected chi connectivity index (χ1v) is 10.2. The Morgan fingerprint density at radius 1 is 1.23 bits per heavy atom. The molecule has 1 atom stereocenters. The monoisotopic (exact) mass is 403 g/mol. The molecule has 0 aliphatic carbocycles. The highest BCUT2D eigenvalue weighted by Crippen LogP contribution is 2.34. The van der Waals surface area contributed by atoms with Gasteiger partial charge in [-0.2, -0.15) is 0 Å². The van der Waals surface area contributed by atoms with Crippen molar-refractivity contribution in [1.82, 2.24) is 25.2 Å². The Balaban J connectivity index is 1.43. The molecule has 1 aromatic carbocycles. The Kier molecular flexibility index (Phi) is 4.74. The van der Waals surface area contributed by atoms with Gasteiger partial charge in [0.15, 0.2) is 5.69 Å². The number of aryl methyl sites for hydroxylation is 1. The zero-order chi connectivity index (χ0) is 20.5. The number of aromatic nitrogens is 4. The van der Waals surface area contributed by atoms with Crippen molar-refractivity contribution in [2.75, 3.05) is 6.54 Å². The maximum atomic E-state index is 13.0. The van der Waals surface area contributed by atoms with Crippen molar-refractivity contribution in [2.45, 2.75) is 38.6 Å². The summed E-state index contributed by atoms with van der Waals surface area (Å²) in [6.45, 7) is 2.67. The number of amides is 1. The minimum absolute atomic E-state index is 0.174. The third-order valence-electron chi connectivity index (χ3n) is 5.39. The molecular weight excluding hydrogens is 382 g/mol. The Bertz CT molecular complexity index is 1190. The van der Waals surface area contributed by atoms with Crippen LogP contribution in [0.1, 0.15) is 54.4 Å². The lowest BCUT2D eigenvalue weighted by atomic mass is 10.1. The maximum absolute atomic E-state index is 13.0. The molecule has 0 spiro atoms. The number of carbonyl (C=O) groups excluding carboxylic acids is 1. The van der Waals surface area contributed by atoms with Crippen LogP contribution in [0.2, 0.25) is 0 Å². The molecule has 0 radical (unpaired) electrons. The van der Waals surface area contributed by atoms with Gasteiger partial charge in [0.2, 0.25) is 5.89 Å². The second-order valence-corrected chi connectivity index (χ2v) is 7.41. The van der Waals surface area contributed by atoms with E-state index in [-0.39, 0.29) is 11.9 Å². The van der Waals surface area contributed by atoms with Crippen LogP contribution in [0.4, 0.5) is 0 Å². The van der Waals surface area contributed by atoms with Crippen molar-refractivity contribution in [1.29, 1.82) is 0 Å². The minimum atomic E-state index is -0.278. The molecule has 4 aromatic rings. The maximum Gasteiger partial charge on any atom is 0.276 e. The lowest BCUT2D eigenvalue weighted by Crippen LogP contribution is -2.31. The summed E-state index contributed by atoms with van der Waals surface area (Å²) >= 11 is 0. The van der Waals surface area contributed by atoms with Gasteiger partial charge >= 0.3 is 0 Å². The molecule has 1 aliphatic rings. The standard InChI is InChI=1S/C22H21N5O3/c1-2-6-15-13-17(26-30-15)22(28)27-12-5-9-18(27)20-24-25-21(29-20)19-16-8-4-3-7-14(16)10-11-23-19/h3-4,7-8,10-11,13,18H,2,5-6,9,12H2,1H3/t18-/m0/s1. The van der Waals surface area contributed by atoms with Gasteiger partial charge in [-0.25, -0.2) is 0 Å². The molecule has 5 rings (SSSR count). The molecule has 0 bridgehead atoms. The molecule has 0 unspecified atom stereocenters. The fraction of sp³-hybridized carbons (Fsp3) is 0.318. The van der Waals surface area contributed by atoms with Crippen molar-refractivity contribution in [3.8, 4) is 11.6 Å². The van der Waals surface area contributed by atoms with Crippen LogP contribution in [0, 0.1) is 0 Å². The van der Waals surface area contributed by atoms with E-state index < -0.39 is 0 Å². The van der Waals surface area contributed by atoms with E-state index in [1.165, 1.54) is 0 Å². The highest BCUT2D eigenvalue weighted by atomic mass is 16.5. The largest absolute Gasteiger partial charge is 0.417 e. The molecule has 8 heteroatoms. The van der Waals surface area contributed by atoms with Gasteiger partial charge in [0.25, 0.3) is 11.8 Å². The van der Waals surface area contributed by atoms with E-state index in [9.17, 15) is 4.79 Å². The van der Waals surface area contributed by atoms with E-state index in [1.54, 1.807) is 17.2 Å². The molecule has 1 saturated heterocycles. The molecule has 1 aliphatic heterocycles. The Morgan fingerprint density at radius 3 is 3.03 bits per heavy atom. The fourth-order valence-corrected chi connectivity index (χ4v) is 3.95. The lowest BCUT2D eigenvalue weighted by Gasteiger charge is -2.20. The summed E-state index contributed by atoms with van der Waals surface area (Å²) in [5.74, 6) is 1.32. The molecule has 30 heavy (non-hydrogen) atoms. The second kappa shape index (κ2) is 7.70. The summed E-state index contributed by atoms with van der Waals surface area (Å²) < 4.78 is 11.3. The van der Waals surface area contributed by atoms with Crippen LogP contribution in [0.3, 0.4) is 0 Å². The normalized spacial score (nSPS) is 16.4. The van der Waals surface area contributed by atoms with E-state index in [4.69, 9.17) is 8.94 Å². The first-order chi connectivity index (χ1) is 14.7. The number of likely N-dealkylation sites (tertiary alicyclic amines) is 1. The third-order valence-corrected chi connectivity index (χ3v) is 5.39. The number of fused-ring (bicyclic) bond motifs is 1. The average molecular weight is 403 g/mol. The van der Waals surface area contributed by atoms with Gasteiger partial charge in [-0.05, 0) is 30.7 Å². The topological polar surface area (TPSA) is 98.2 Å². The minimum Gasteiger partial charge on any atom is -0.417 e. The number of nitrogens with zero attached hydrogens (tertiary/aromatic N) is 5. The number of pyridine rings is 1. The summed E-state index contributed by atoms with van der Waals surface area (Å²) in [5.41, 5.74) is 0.962. The van der Waals surface area contributed by atoms with Crippen LogP contribution in [-0.4, -0.2) is 37.7 Å². The zero-order valence-corrected chi connectivity index (χ0v) is 16.6. The van der Waals surface area contributed by atoms with Gasteiger partial charge in [-0.3, -0.25) is 9.78 Å². The van der Waals surface area contributed by atoms with Gasteiger partial charge in [-0.1, -0.05) is 36.3 Å². The van der Waals surface area contributed by atoms with E-state index in [1.807, 2.05) is 30.3 Å². The fourth-order valence-electron chi connectivity index (χ4n) is 3.95. The van der Waals surface area contributed by atoms with Gasteiger partial charge in [0.1, 0.15) is 17.5 Å². The third kappa shape index (κ3) is 3.24. The summed E-state index contributed by atoms with van der Waals surface area (Å²) in [7, 11) is 0. The lowest BCUT2D eigenvalue weighted by molar-refractivity contribution is 0.0705. The Hall–Kier alpha value is -3.55. The number of carbonyl (C=O) groups is 1. The number of hydrogen-bond donors (Lipinski definition) is 0. The summed E-state index contributed by atoms with van der Waals surface area (Å²) in [6, 6.07) is 11.3. The van der Waals surface area contributed by atoms with Crippen LogP contribution in [0.5, 0.6) is 0 Å². The van der Waals surface area contributed by atoms with Gasteiger partial charge in [-0.15, -0.1) is 10.2 Å². The molecule has 4 heterocycles. The smallest absolute Gasteiger partial charge is 0.276 e. The summed E-state index contributed by atoms with van der Waals surface area (Å²) in [6.07, 6.45) is 5.04. The van der Waals surface area contributed by atoms with Gasteiger partial charge < -0.3 is 13.8 Å². The number of hydrogen-bond acceptors (Lipinski definition) is 7. The van der Waals surface area contributed by atoms with E-state index in [0.717, 1.165) is 42.2 Å². The number of benzene rings is 1. The van der Waals surface area contributed by atoms with E-state index in [2.05, 4.69) is 27.3 Å². The number of rotatable bonds is 5. The van der Waals surface area contributed by atoms with Crippen molar-refractivity contribution in [2.24, 2.45) is 0 Å². The van der Waals surface area contributed by atoms with Crippen molar-refractivity contribution < 1.29 is 13.7 Å². The predicted octanol–water partition coefficient (Wildman–Crippen LogP) is 4.20. The van der Waals surface area contributed by atoms with Crippen LogP contribution >= 0.6 is 0 Å². The molecule has 3 aromatic heterocycles. The molecule has 152 valence electrons. The van der Waals surface area contributed by atoms with Crippen LogP contribution in [0.25, 0.3) is 22.4 Å². The first kappa shape index (κ1) is 18.5. The zero-order valence-electron chi connectivity index (χ0n) is 16.6. The molecule has 0 saturated carbocycles.